The molecule has 7 heteroatoms. The van der Waals surface area contributed by atoms with Crippen molar-refractivity contribution in [2.24, 2.45) is 0 Å². The van der Waals surface area contributed by atoms with Crippen LogP contribution in [0.3, 0.4) is 0 Å². The average molecular weight is 456 g/mol. The first-order valence-electron chi connectivity index (χ1n) is 9.40. The minimum Gasteiger partial charge on any atom is -0.274 e. The molecule has 0 radical (unpaired) electrons. The lowest BCUT2D eigenvalue weighted by Gasteiger charge is -2.12. The number of nitrogens with zero attached hydrogens (tertiary/aromatic N) is 1. The van der Waals surface area contributed by atoms with Crippen molar-refractivity contribution in [3.8, 4) is 29.3 Å². The van der Waals surface area contributed by atoms with Crippen LogP contribution in [-0.2, 0) is 0 Å². The number of rotatable bonds is 6. The minimum absolute atomic E-state index is 0.134. The highest BCUT2D eigenvalue weighted by molar-refractivity contribution is 7.28. The van der Waals surface area contributed by atoms with Gasteiger partial charge in [-0.1, -0.05) is 19.4 Å². The lowest BCUT2D eigenvalue weighted by atomic mass is 10.2. The van der Waals surface area contributed by atoms with E-state index < -0.39 is 0 Å². The number of unbranched alkanes of at least 4 members (excludes halogenated alkanes) is 1. The summed E-state index contributed by atoms with van der Waals surface area (Å²) in [6, 6.07) is 14.7. The highest BCUT2D eigenvalue weighted by Crippen LogP contribution is 2.44. The van der Waals surface area contributed by atoms with E-state index >= 15 is 0 Å². The van der Waals surface area contributed by atoms with E-state index in [-0.39, 0.29) is 11.8 Å². The first-order valence-corrected chi connectivity index (χ1v) is 12.7. The van der Waals surface area contributed by atoms with Crippen LogP contribution < -0.4 is 0 Å². The van der Waals surface area contributed by atoms with Crippen LogP contribution in [0.5, 0.6) is 0 Å². The molecule has 0 saturated carbocycles. The molecule has 0 atom stereocenters. The maximum Gasteiger partial charge on any atom is 0.271 e. The molecule has 4 aromatic rings. The summed E-state index contributed by atoms with van der Waals surface area (Å²) in [5, 5.41) is 2.10. The van der Waals surface area contributed by atoms with Crippen molar-refractivity contribution in [2.45, 2.75) is 19.8 Å². The molecular weight excluding hydrogens is 439 g/mol. The van der Waals surface area contributed by atoms with Crippen LogP contribution in [0.15, 0.2) is 47.8 Å². The van der Waals surface area contributed by atoms with Crippen molar-refractivity contribution < 1.29 is 9.59 Å². The maximum atomic E-state index is 12.6. The van der Waals surface area contributed by atoms with Crippen LogP contribution in [0, 0.1) is 0 Å². The molecule has 5 rings (SSSR count). The molecule has 1 aliphatic rings. The van der Waals surface area contributed by atoms with Gasteiger partial charge in [-0.05, 0) is 48.2 Å². The molecule has 4 aromatic heterocycles. The minimum atomic E-state index is -0.142. The average Bonchev–Trinajstić information content (AvgIpc) is 3.52. The lowest BCUT2D eigenvalue weighted by molar-refractivity contribution is 0.0653. The van der Waals surface area contributed by atoms with Gasteiger partial charge < -0.3 is 0 Å². The van der Waals surface area contributed by atoms with Gasteiger partial charge >= 0.3 is 0 Å². The smallest absolute Gasteiger partial charge is 0.271 e. The quantitative estimate of drug-likeness (QED) is 0.285. The standard InChI is InChI=1S/C22H17NO2S4/c1-2-3-10-23-21(24)13-12-19(29-20(13)22(23)25)18-9-8-17(28-18)16-7-6-15(27-16)14-5-4-11-26-14/h4-9,11-12H,2-3,10H2,1H3. The Morgan fingerprint density at radius 3 is 2.03 bits per heavy atom. The Bertz CT molecular complexity index is 1160. The fraction of sp³-hybridized carbons (Fsp3) is 0.182. The van der Waals surface area contributed by atoms with Gasteiger partial charge in [0.1, 0.15) is 4.88 Å². The number of carbonyl (C=O) groups excluding carboxylic acids is 2. The Labute approximate surface area is 184 Å². The Hall–Kier alpha value is -2.06. The van der Waals surface area contributed by atoms with Crippen molar-refractivity contribution in [3.05, 3.63) is 58.3 Å². The van der Waals surface area contributed by atoms with Gasteiger partial charge in [-0.3, -0.25) is 14.5 Å². The first-order chi connectivity index (χ1) is 14.2. The molecule has 146 valence electrons. The molecule has 29 heavy (non-hydrogen) atoms. The van der Waals surface area contributed by atoms with Crippen LogP contribution >= 0.6 is 45.3 Å². The van der Waals surface area contributed by atoms with Crippen molar-refractivity contribution in [1.29, 1.82) is 0 Å². The molecule has 0 bridgehead atoms. The number of thiophene rings is 4. The van der Waals surface area contributed by atoms with Gasteiger partial charge in [0.05, 0.1) is 5.56 Å². The second-order valence-electron chi connectivity index (χ2n) is 6.77. The van der Waals surface area contributed by atoms with Gasteiger partial charge in [0.2, 0.25) is 0 Å². The zero-order valence-electron chi connectivity index (χ0n) is 15.6. The largest absolute Gasteiger partial charge is 0.274 e. The second kappa shape index (κ2) is 7.65. The molecule has 0 spiro atoms. The van der Waals surface area contributed by atoms with Crippen molar-refractivity contribution >= 4 is 57.2 Å². The monoisotopic (exact) mass is 455 g/mol. The van der Waals surface area contributed by atoms with E-state index in [4.69, 9.17) is 0 Å². The highest BCUT2D eigenvalue weighted by Gasteiger charge is 2.37. The lowest BCUT2D eigenvalue weighted by Crippen LogP contribution is -2.30. The second-order valence-corrected chi connectivity index (χ2v) is 10.9. The Balaban J connectivity index is 1.40. The van der Waals surface area contributed by atoms with Gasteiger partial charge in [0.25, 0.3) is 11.8 Å². The fourth-order valence-corrected chi connectivity index (χ4v) is 7.45. The molecule has 0 saturated heterocycles. The summed E-state index contributed by atoms with van der Waals surface area (Å²) in [5.41, 5.74) is 0.567. The van der Waals surface area contributed by atoms with Crippen LogP contribution in [0.2, 0.25) is 0 Å². The third kappa shape index (κ3) is 3.32. The predicted molar refractivity (Wildman–Crippen MR) is 125 cm³/mol. The summed E-state index contributed by atoms with van der Waals surface area (Å²) in [6.07, 6.45) is 1.81. The number of carbonyl (C=O) groups is 2. The molecule has 0 N–H and O–H groups in total. The van der Waals surface area contributed by atoms with Gasteiger partial charge in [-0.15, -0.1) is 45.3 Å². The third-order valence-corrected chi connectivity index (χ3v) is 9.59. The molecule has 5 heterocycles. The zero-order chi connectivity index (χ0) is 20.0. The van der Waals surface area contributed by atoms with E-state index in [1.165, 1.54) is 35.7 Å². The summed E-state index contributed by atoms with van der Waals surface area (Å²) in [5.74, 6) is -0.276. The van der Waals surface area contributed by atoms with Crippen LogP contribution in [0.1, 0.15) is 39.8 Å². The summed E-state index contributed by atoms with van der Waals surface area (Å²) in [6.45, 7) is 2.57. The highest BCUT2D eigenvalue weighted by atomic mass is 32.1. The normalized spacial score (nSPS) is 13.5. The summed E-state index contributed by atoms with van der Waals surface area (Å²) in [7, 11) is 0. The summed E-state index contributed by atoms with van der Waals surface area (Å²) >= 11 is 6.70. The molecule has 2 amide bonds. The van der Waals surface area contributed by atoms with Crippen LogP contribution in [0.4, 0.5) is 0 Å². The summed E-state index contributed by atoms with van der Waals surface area (Å²) < 4.78 is 0. The van der Waals surface area contributed by atoms with E-state index in [1.54, 1.807) is 34.0 Å². The number of hydrogen-bond acceptors (Lipinski definition) is 6. The van der Waals surface area contributed by atoms with Gasteiger partial charge in [0, 0.05) is 35.8 Å². The predicted octanol–water partition coefficient (Wildman–Crippen LogP) is 7.33. The molecular formula is C22H17NO2S4. The maximum absolute atomic E-state index is 12.6. The van der Waals surface area contributed by atoms with E-state index in [9.17, 15) is 9.59 Å². The number of hydrogen-bond donors (Lipinski definition) is 0. The van der Waals surface area contributed by atoms with E-state index in [1.807, 2.05) is 6.07 Å². The van der Waals surface area contributed by atoms with Crippen molar-refractivity contribution in [3.63, 3.8) is 0 Å². The fourth-order valence-electron chi connectivity index (χ4n) is 3.33. The van der Waals surface area contributed by atoms with Gasteiger partial charge in [-0.2, -0.15) is 0 Å². The van der Waals surface area contributed by atoms with Crippen molar-refractivity contribution in [2.75, 3.05) is 6.54 Å². The van der Waals surface area contributed by atoms with Crippen LogP contribution in [-0.4, -0.2) is 23.3 Å². The van der Waals surface area contributed by atoms with E-state index in [0.29, 0.717) is 17.0 Å². The molecule has 0 aliphatic carbocycles. The Morgan fingerprint density at radius 2 is 1.45 bits per heavy atom. The molecule has 1 aliphatic heterocycles. The third-order valence-electron chi connectivity index (χ3n) is 4.84. The van der Waals surface area contributed by atoms with Crippen molar-refractivity contribution in [1.82, 2.24) is 4.90 Å². The van der Waals surface area contributed by atoms with Gasteiger partial charge in [0.15, 0.2) is 0 Å². The van der Waals surface area contributed by atoms with E-state index in [2.05, 4.69) is 48.7 Å². The van der Waals surface area contributed by atoms with Crippen LogP contribution in [0.25, 0.3) is 29.3 Å². The number of amides is 2. The first kappa shape index (κ1) is 18.9. The zero-order valence-corrected chi connectivity index (χ0v) is 18.9. The SMILES string of the molecule is CCCCN1C(=O)c2cc(-c3ccc(-c4ccc(-c5cccs5)s4)s3)sc2C1=O. The molecule has 0 unspecified atom stereocenters. The molecule has 0 fully saturated rings. The Morgan fingerprint density at radius 1 is 0.793 bits per heavy atom. The topological polar surface area (TPSA) is 37.4 Å². The molecule has 0 aromatic carbocycles. The van der Waals surface area contributed by atoms with E-state index in [0.717, 1.165) is 22.6 Å². The summed E-state index contributed by atoms with van der Waals surface area (Å²) in [4.78, 5) is 34.3. The Kier molecular flexibility index (Phi) is 4.99. The molecule has 3 nitrogen and oxygen atoms in total. The number of imide groups is 1. The van der Waals surface area contributed by atoms with Gasteiger partial charge in [-0.25, -0.2) is 0 Å². The number of fused-ring (bicyclic) bond motifs is 1.